The fourth-order valence-corrected chi connectivity index (χ4v) is 3.70. The summed E-state index contributed by atoms with van der Waals surface area (Å²) in [7, 11) is 0. The molecule has 0 amide bonds. The maximum Gasteiger partial charge on any atom is 0.191 e. The van der Waals surface area contributed by atoms with Gasteiger partial charge in [-0.25, -0.2) is 0 Å². The first kappa shape index (κ1) is 18.0. The van der Waals surface area contributed by atoms with E-state index in [4.69, 9.17) is 11.6 Å². The van der Waals surface area contributed by atoms with Gasteiger partial charge in [-0.1, -0.05) is 67.0 Å². The summed E-state index contributed by atoms with van der Waals surface area (Å²) in [6, 6.07) is 16.4. The summed E-state index contributed by atoms with van der Waals surface area (Å²) < 4.78 is 2.22. The summed E-state index contributed by atoms with van der Waals surface area (Å²) in [4.78, 5) is 0. The predicted octanol–water partition coefficient (Wildman–Crippen LogP) is 5.86. The number of benzene rings is 2. The Hall–Kier alpha value is -1.78. The molecule has 0 saturated heterocycles. The third-order valence-electron chi connectivity index (χ3n) is 3.82. The third kappa shape index (κ3) is 4.65. The highest BCUT2D eigenvalue weighted by Crippen LogP contribution is 2.28. The molecule has 0 unspecified atom stereocenters. The van der Waals surface area contributed by atoms with E-state index >= 15 is 0 Å². The van der Waals surface area contributed by atoms with Gasteiger partial charge >= 0.3 is 0 Å². The van der Waals surface area contributed by atoms with Crippen molar-refractivity contribution in [1.82, 2.24) is 14.8 Å². The molecule has 3 aromatic rings. The fraction of sp³-hybridized carbons (Fsp3) is 0.300. The van der Waals surface area contributed by atoms with Crippen LogP contribution in [0.3, 0.4) is 0 Å². The molecule has 0 N–H and O–H groups in total. The number of nitrogens with zero attached hydrogens (tertiary/aromatic N) is 3. The van der Waals surface area contributed by atoms with Crippen LogP contribution in [0.15, 0.2) is 53.7 Å². The number of halogens is 1. The lowest BCUT2D eigenvalue weighted by molar-refractivity contribution is 0.498. The quantitative estimate of drug-likeness (QED) is 0.509. The number of thioether (sulfide) groups is 1. The number of aryl methyl sites for hydroxylation is 1. The lowest BCUT2D eigenvalue weighted by Gasteiger charge is -2.12. The predicted molar refractivity (Wildman–Crippen MR) is 106 cm³/mol. The minimum Gasteiger partial charge on any atom is -0.302 e. The lowest BCUT2D eigenvalue weighted by Crippen LogP contribution is -2.07. The van der Waals surface area contributed by atoms with Crippen LogP contribution >= 0.6 is 23.4 Å². The summed E-state index contributed by atoms with van der Waals surface area (Å²) in [5.41, 5.74) is 3.63. The Morgan fingerprint density at radius 1 is 1.08 bits per heavy atom. The van der Waals surface area contributed by atoms with Crippen LogP contribution < -0.4 is 0 Å². The molecule has 0 bridgehead atoms. The van der Waals surface area contributed by atoms with Crippen LogP contribution in [0.4, 0.5) is 0 Å². The summed E-state index contributed by atoms with van der Waals surface area (Å²) in [6.45, 7) is 7.43. The van der Waals surface area contributed by atoms with Gasteiger partial charge in [0.1, 0.15) is 0 Å². The van der Waals surface area contributed by atoms with Crippen LogP contribution in [0.25, 0.3) is 11.4 Å². The third-order valence-corrected chi connectivity index (χ3v) is 5.11. The summed E-state index contributed by atoms with van der Waals surface area (Å²) in [5.74, 6) is 2.30. The van der Waals surface area contributed by atoms with Crippen LogP contribution in [-0.2, 0) is 12.3 Å². The van der Waals surface area contributed by atoms with Gasteiger partial charge in [0, 0.05) is 22.9 Å². The minimum atomic E-state index is 0.514. The fourth-order valence-electron chi connectivity index (χ4n) is 2.69. The van der Waals surface area contributed by atoms with E-state index in [-0.39, 0.29) is 0 Å². The SMILES string of the molecule is Cc1cccc(CSc2nnc(-c3ccc(Cl)cc3)n2CC(C)C)c1. The average molecular weight is 372 g/mol. The second-order valence-electron chi connectivity index (χ2n) is 6.60. The molecule has 0 spiro atoms. The van der Waals surface area contributed by atoms with Crippen LogP contribution in [0, 0.1) is 12.8 Å². The summed E-state index contributed by atoms with van der Waals surface area (Å²) in [5, 5.41) is 10.6. The van der Waals surface area contributed by atoms with E-state index in [0.29, 0.717) is 5.92 Å². The van der Waals surface area contributed by atoms with Crippen molar-refractivity contribution in [3.8, 4) is 11.4 Å². The highest BCUT2D eigenvalue weighted by molar-refractivity contribution is 7.98. The smallest absolute Gasteiger partial charge is 0.191 e. The number of hydrogen-bond acceptors (Lipinski definition) is 3. The Bertz CT molecular complexity index is 840. The zero-order chi connectivity index (χ0) is 17.8. The normalized spacial score (nSPS) is 11.2. The van der Waals surface area contributed by atoms with Gasteiger partial charge in [0.05, 0.1) is 0 Å². The van der Waals surface area contributed by atoms with Crippen LogP contribution in [0.1, 0.15) is 25.0 Å². The second-order valence-corrected chi connectivity index (χ2v) is 7.97. The highest BCUT2D eigenvalue weighted by atomic mass is 35.5. The molecule has 25 heavy (non-hydrogen) atoms. The van der Waals surface area contributed by atoms with Gasteiger partial charge < -0.3 is 4.57 Å². The van der Waals surface area contributed by atoms with Gasteiger partial charge in [0.2, 0.25) is 0 Å². The molecule has 0 radical (unpaired) electrons. The minimum absolute atomic E-state index is 0.514. The van der Waals surface area contributed by atoms with Gasteiger partial charge in [-0.15, -0.1) is 10.2 Å². The van der Waals surface area contributed by atoms with Crippen molar-refractivity contribution in [3.63, 3.8) is 0 Å². The first-order valence-electron chi connectivity index (χ1n) is 8.40. The largest absolute Gasteiger partial charge is 0.302 e. The Labute approximate surface area is 158 Å². The number of hydrogen-bond donors (Lipinski definition) is 0. The molecule has 3 nitrogen and oxygen atoms in total. The van der Waals surface area contributed by atoms with Crippen molar-refractivity contribution in [2.75, 3.05) is 0 Å². The Kier molecular flexibility index (Phi) is 5.82. The molecule has 2 aromatic carbocycles. The van der Waals surface area contributed by atoms with E-state index in [1.165, 1.54) is 11.1 Å². The molecular formula is C20H22ClN3S. The van der Waals surface area contributed by atoms with Gasteiger partial charge in [-0.2, -0.15) is 0 Å². The molecule has 3 rings (SSSR count). The monoisotopic (exact) mass is 371 g/mol. The first-order chi connectivity index (χ1) is 12.0. The molecule has 130 valence electrons. The summed E-state index contributed by atoms with van der Waals surface area (Å²) in [6.07, 6.45) is 0. The van der Waals surface area contributed by atoms with Crippen molar-refractivity contribution in [1.29, 1.82) is 0 Å². The van der Waals surface area contributed by atoms with E-state index in [1.807, 2.05) is 24.3 Å². The van der Waals surface area contributed by atoms with Gasteiger partial charge in [-0.05, 0) is 42.7 Å². The van der Waals surface area contributed by atoms with Crippen molar-refractivity contribution in [3.05, 3.63) is 64.7 Å². The molecule has 0 fully saturated rings. The first-order valence-corrected chi connectivity index (χ1v) is 9.77. The molecular weight excluding hydrogens is 350 g/mol. The van der Waals surface area contributed by atoms with Crippen LogP contribution in [0.5, 0.6) is 0 Å². The Morgan fingerprint density at radius 2 is 1.84 bits per heavy atom. The molecule has 0 aliphatic rings. The van der Waals surface area contributed by atoms with Gasteiger partial charge in [0.15, 0.2) is 11.0 Å². The molecule has 0 aliphatic heterocycles. The molecule has 5 heteroatoms. The average Bonchev–Trinajstić information content (AvgIpc) is 2.96. The van der Waals surface area contributed by atoms with Gasteiger partial charge in [-0.3, -0.25) is 0 Å². The summed E-state index contributed by atoms with van der Waals surface area (Å²) >= 11 is 7.74. The van der Waals surface area contributed by atoms with Crippen molar-refractivity contribution >= 4 is 23.4 Å². The van der Waals surface area contributed by atoms with Crippen molar-refractivity contribution in [2.24, 2.45) is 5.92 Å². The maximum absolute atomic E-state index is 6.01. The Morgan fingerprint density at radius 3 is 2.52 bits per heavy atom. The highest BCUT2D eigenvalue weighted by Gasteiger charge is 2.15. The zero-order valence-electron chi connectivity index (χ0n) is 14.7. The Balaban J connectivity index is 1.87. The van der Waals surface area contributed by atoms with Crippen molar-refractivity contribution in [2.45, 2.75) is 38.2 Å². The molecule has 1 heterocycles. The molecule has 1 aromatic heterocycles. The molecule has 0 aliphatic carbocycles. The molecule has 0 saturated carbocycles. The van der Waals surface area contributed by atoms with E-state index in [1.54, 1.807) is 11.8 Å². The van der Waals surface area contributed by atoms with Crippen LogP contribution in [-0.4, -0.2) is 14.8 Å². The second kappa shape index (κ2) is 8.07. The lowest BCUT2D eigenvalue weighted by atomic mass is 10.2. The standard InChI is InChI=1S/C20H22ClN3S/c1-14(2)12-24-19(17-7-9-18(21)10-8-17)22-23-20(24)25-13-16-6-4-5-15(3)11-16/h4-11,14H,12-13H2,1-3H3. The van der Waals surface area contributed by atoms with E-state index in [9.17, 15) is 0 Å². The van der Waals surface area contributed by atoms with E-state index in [0.717, 1.165) is 33.9 Å². The van der Waals surface area contributed by atoms with Crippen LogP contribution in [0.2, 0.25) is 5.02 Å². The van der Waals surface area contributed by atoms with Gasteiger partial charge in [0.25, 0.3) is 0 Å². The van der Waals surface area contributed by atoms with E-state index < -0.39 is 0 Å². The maximum atomic E-state index is 6.01. The topological polar surface area (TPSA) is 30.7 Å². The van der Waals surface area contributed by atoms with Crippen molar-refractivity contribution < 1.29 is 0 Å². The van der Waals surface area contributed by atoms with E-state index in [2.05, 4.69) is 59.8 Å². The molecule has 0 atom stereocenters. The number of rotatable bonds is 6. The zero-order valence-corrected chi connectivity index (χ0v) is 16.3. The number of aromatic nitrogens is 3.